The number of hydrogen-bond donors (Lipinski definition) is 2. The van der Waals surface area contributed by atoms with Gasteiger partial charge in [-0.2, -0.15) is 11.8 Å². The summed E-state index contributed by atoms with van der Waals surface area (Å²) in [6, 6.07) is 16.3. The van der Waals surface area contributed by atoms with Gasteiger partial charge < -0.3 is 20.1 Å². The molecule has 2 N–H and O–H groups in total. The molecule has 0 aliphatic heterocycles. The zero-order valence-electron chi connectivity index (χ0n) is 17.9. The summed E-state index contributed by atoms with van der Waals surface area (Å²) in [4.78, 5) is 37.0. The number of ether oxygens (including phenoxy) is 1. The molecule has 1 fully saturated rings. The van der Waals surface area contributed by atoms with E-state index in [-0.39, 0.29) is 24.2 Å². The number of nitrogens with zero attached hydrogens (tertiary/aromatic N) is 1. The summed E-state index contributed by atoms with van der Waals surface area (Å²) in [6.45, 7) is 0.621. The van der Waals surface area contributed by atoms with Crippen LogP contribution in [0, 0.1) is 0 Å². The molecule has 8 heteroatoms. The molecule has 0 atom stereocenters. The Morgan fingerprint density at radius 1 is 1.09 bits per heavy atom. The summed E-state index contributed by atoms with van der Waals surface area (Å²) < 4.78 is 5.49. The lowest BCUT2D eigenvalue weighted by molar-refractivity contribution is -0.150. The van der Waals surface area contributed by atoms with Crippen LogP contribution in [0.2, 0.25) is 0 Å². The molecule has 0 bridgehead atoms. The Morgan fingerprint density at radius 2 is 1.69 bits per heavy atom. The van der Waals surface area contributed by atoms with Crippen LogP contribution < -0.4 is 5.32 Å². The first-order valence-corrected chi connectivity index (χ1v) is 11.8. The number of thioether (sulfide) groups is 1. The average Bonchev–Trinajstić information content (AvgIpc) is 3.55. The molecular formula is C24H26N2O5S. The summed E-state index contributed by atoms with van der Waals surface area (Å²) in [5.41, 5.74) is 3.67. The third-order valence-corrected chi connectivity index (χ3v) is 7.17. The Kier molecular flexibility index (Phi) is 6.41. The van der Waals surface area contributed by atoms with E-state index in [0.717, 1.165) is 11.1 Å². The van der Waals surface area contributed by atoms with Gasteiger partial charge in [-0.1, -0.05) is 48.5 Å². The molecule has 0 heterocycles. The number of carbonyl (C=O) groups excluding carboxylic acids is 2. The molecular weight excluding hydrogens is 428 g/mol. The number of carbonyl (C=O) groups is 3. The number of amides is 2. The minimum Gasteiger partial charge on any atom is -0.479 e. The van der Waals surface area contributed by atoms with E-state index in [4.69, 9.17) is 4.74 Å². The highest BCUT2D eigenvalue weighted by Gasteiger charge is 2.55. The van der Waals surface area contributed by atoms with E-state index in [1.807, 2.05) is 24.3 Å². The Hall–Kier alpha value is -3.00. The van der Waals surface area contributed by atoms with Crippen molar-refractivity contribution in [3.05, 3.63) is 59.7 Å². The Morgan fingerprint density at radius 3 is 2.25 bits per heavy atom. The van der Waals surface area contributed by atoms with Crippen LogP contribution in [-0.4, -0.2) is 65.2 Å². The molecule has 2 amide bonds. The van der Waals surface area contributed by atoms with Crippen LogP contribution in [0.25, 0.3) is 11.1 Å². The number of benzene rings is 2. The van der Waals surface area contributed by atoms with E-state index < -0.39 is 17.6 Å². The van der Waals surface area contributed by atoms with Crippen LogP contribution in [-0.2, 0) is 14.3 Å². The average molecular weight is 455 g/mol. The number of alkyl carbamates (subject to hydrolysis) is 1. The zero-order chi connectivity index (χ0) is 22.7. The van der Waals surface area contributed by atoms with Gasteiger partial charge in [0.2, 0.25) is 5.91 Å². The number of likely N-dealkylation sites (N-methyl/N-ethyl adjacent to an activating group) is 1. The highest BCUT2D eigenvalue weighted by atomic mass is 32.2. The van der Waals surface area contributed by atoms with Crippen molar-refractivity contribution in [3.63, 3.8) is 0 Å². The topological polar surface area (TPSA) is 95.9 Å². The third kappa shape index (κ3) is 4.32. The second-order valence-electron chi connectivity index (χ2n) is 8.09. The van der Waals surface area contributed by atoms with Crippen LogP contribution in [0.15, 0.2) is 48.5 Å². The molecule has 1 saturated carbocycles. The molecule has 0 radical (unpaired) electrons. The monoisotopic (exact) mass is 454 g/mol. The minimum atomic E-state index is -1.02. The molecule has 2 aromatic carbocycles. The van der Waals surface area contributed by atoms with Crippen molar-refractivity contribution < 1.29 is 24.2 Å². The summed E-state index contributed by atoms with van der Waals surface area (Å²) >= 11 is 1.36. The maximum absolute atomic E-state index is 12.2. The lowest BCUT2D eigenvalue weighted by Crippen LogP contribution is -2.45. The van der Waals surface area contributed by atoms with Crippen LogP contribution >= 0.6 is 11.8 Å². The first kappa shape index (κ1) is 22.2. The quantitative estimate of drug-likeness (QED) is 0.565. The molecule has 2 aromatic rings. The van der Waals surface area contributed by atoms with Crippen molar-refractivity contribution >= 4 is 29.7 Å². The van der Waals surface area contributed by atoms with Crippen molar-refractivity contribution in [2.75, 3.05) is 31.7 Å². The number of hydrogen-bond acceptors (Lipinski definition) is 5. The van der Waals surface area contributed by atoms with Gasteiger partial charge >= 0.3 is 12.1 Å². The van der Waals surface area contributed by atoms with Gasteiger partial charge in [-0.15, -0.1) is 0 Å². The van der Waals surface area contributed by atoms with Crippen molar-refractivity contribution in [3.8, 4) is 11.1 Å². The third-order valence-electron chi connectivity index (χ3n) is 6.22. The lowest BCUT2D eigenvalue weighted by Gasteiger charge is -2.24. The van der Waals surface area contributed by atoms with Gasteiger partial charge in [0, 0.05) is 25.3 Å². The molecule has 0 unspecified atom stereocenters. The second kappa shape index (κ2) is 9.24. The predicted molar refractivity (Wildman–Crippen MR) is 123 cm³/mol. The Balaban J connectivity index is 1.19. The molecule has 0 aromatic heterocycles. The molecule has 7 nitrogen and oxygen atoms in total. The van der Waals surface area contributed by atoms with Crippen molar-refractivity contribution in [1.82, 2.24) is 10.2 Å². The smallest absolute Gasteiger partial charge is 0.407 e. The number of fused-ring (bicyclic) bond motifs is 3. The first-order valence-electron chi connectivity index (χ1n) is 10.6. The van der Waals surface area contributed by atoms with Gasteiger partial charge in [0.1, 0.15) is 12.1 Å². The van der Waals surface area contributed by atoms with Crippen molar-refractivity contribution in [2.24, 2.45) is 0 Å². The normalized spacial score (nSPS) is 15.4. The largest absolute Gasteiger partial charge is 0.479 e. The van der Waals surface area contributed by atoms with Crippen molar-refractivity contribution in [1.29, 1.82) is 0 Å². The molecule has 4 rings (SSSR count). The van der Waals surface area contributed by atoms with Gasteiger partial charge in [0.05, 0.1) is 5.75 Å². The maximum Gasteiger partial charge on any atom is 0.407 e. The summed E-state index contributed by atoms with van der Waals surface area (Å²) in [6.07, 6.45) is 0.510. The number of carboxylic acid groups (broad SMARTS) is 1. The van der Waals surface area contributed by atoms with E-state index in [9.17, 15) is 19.5 Å². The van der Waals surface area contributed by atoms with Crippen molar-refractivity contribution in [2.45, 2.75) is 24.3 Å². The number of aliphatic carboxylic acids is 1. The van der Waals surface area contributed by atoms with Crippen LogP contribution in [0.3, 0.4) is 0 Å². The zero-order valence-corrected chi connectivity index (χ0v) is 18.7. The Bertz CT molecular complexity index is 991. The van der Waals surface area contributed by atoms with E-state index in [1.54, 1.807) is 7.05 Å². The number of carboxylic acids is 1. The molecule has 2 aliphatic carbocycles. The molecule has 0 spiro atoms. The SMILES string of the molecule is CN(C(=O)CSCCNC(=O)OCC1c2ccccc2-c2ccccc21)C1(C(=O)O)CC1. The summed E-state index contributed by atoms with van der Waals surface area (Å²) in [5, 5.41) is 12.0. The van der Waals surface area contributed by atoms with E-state index in [0.29, 0.717) is 25.1 Å². The standard InChI is InChI=1S/C24H26N2O5S/c1-26(24(10-11-24)22(28)29)21(27)15-32-13-12-25-23(30)31-14-20-18-8-4-2-6-16(18)17-7-3-5-9-19(17)20/h2-9,20H,10-15H2,1H3,(H,25,30)(H,28,29). The fourth-order valence-electron chi connectivity index (χ4n) is 4.18. The molecule has 0 saturated heterocycles. The summed E-state index contributed by atoms with van der Waals surface area (Å²) in [5.74, 6) is -0.437. The van der Waals surface area contributed by atoms with Gasteiger partial charge in [0.15, 0.2) is 0 Å². The highest BCUT2D eigenvalue weighted by molar-refractivity contribution is 7.99. The second-order valence-corrected chi connectivity index (χ2v) is 9.20. The number of nitrogens with one attached hydrogen (secondary N) is 1. The fraction of sp³-hybridized carbons (Fsp3) is 0.375. The first-order chi connectivity index (χ1) is 15.4. The minimum absolute atomic E-state index is 0.0136. The number of rotatable bonds is 9. The van der Waals surface area contributed by atoms with Crippen LogP contribution in [0.1, 0.15) is 29.9 Å². The van der Waals surface area contributed by atoms with Gasteiger partial charge in [-0.25, -0.2) is 9.59 Å². The van der Waals surface area contributed by atoms with Crippen LogP contribution in [0.4, 0.5) is 4.79 Å². The van der Waals surface area contributed by atoms with Gasteiger partial charge in [-0.05, 0) is 35.1 Å². The molecule has 2 aliphatic rings. The van der Waals surface area contributed by atoms with E-state index in [2.05, 4.69) is 29.6 Å². The van der Waals surface area contributed by atoms with Gasteiger partial charge in [-0.3, -0.25) is 4.79 Å². The Labute approximate surface area is 191 Å². The fourth-order valence-corrected chi connectivity index (χ4v) is 4.94. The molecule has 168 valence electrons. The van der Waals surface area contributed by atoms with E-state index >= 15 is 0 Å². The maximum atomic E-state index is 12.2. The van der Waals surface area contributed by atoms with Gasteiger partial charge in [0.25, 0.3) is 0 Å². The highest BCUT2D eigenvalue weighted by Crippen LogP contribution is 2.44. The van der Waals surface area contributed by atoms with E-state index in [1.165, 1.54) is 27.8 Å². The molecule has 32 heavy (non-hydrogen) atoms. The predicted octanol–water partition coefficient (Wildman–Crippen LogP) is 3.33. The summed E-state index contributed by atoms with van der Waals surface area (Å²) in [7, 11) is 1.54. The van der Waals surface area contributed by atoms with Crippen LogP contribution in [0.5, 0.6) is 0 Å². The lowest BCUT2D eigenvalue weighted by atomic mass is 9.98.